The first kappa shape index (κ1) is 16.9. The van der Waals surface area contributed by atoms with Gasteiger partial charge in [-0.15, -0.1) is 0 Å². The van der Waals surface area contributed by atoms with Gasteiger partial charge in [-0.25, -0.2) is 4.98 Å². The van der Waals surface area contributed by atoms with Crippen LogP contribution in [-0.4, -0.2) is 17.5 Å². The number of para-hydroxylation sites is 1. The summed E-state index contributed by atoms with van der Waals surface area (Å²) in [5.74, 6) is -0.752. The minimum atomic E-state index is -0.634. The van der Waals surface area contributed by atoms with Crippen LogP contribution in [0, 0.1) is 5.95 Å². The van der Waals surface area contributed by atoms with E-state index in [1.807, 2.05) is 37.3 Å². The van der Waals surface area contributed by atoms with Crippen molar-refractivity contribution in [1.82, 2.24) is 4.98 Å². The summed E-state index contributed by atoms with van der Waals surface area (Å²) in [6.45, 7) is 2.48. The number of aromatic nitrogens is 1. The number of ether oxygens (including phenoxy) is 1. The number of unbranched alkanes of at least 4 members (excludes halogenated alkanes) is 1. The van der Waals surface area contributed by atoms with Gasteiger partial charge in [-0.05, 0) is 42.8 Å². The number of halogens is 1. The van der Waals surface area contributed by atoms with Gasteiger partial charge in [-0.3, -0.25) is 4.79 Å². The molecule has 0 spiro atoms. The Morgan fingerprint density at radius 3 is 2.72 bits per heavy atom. The number of pyridine rings is 1. The molecule has 0 aliphatic heterocycles. The van der Waals surface area contributed by atoms with E-state index in [0.717, 1.165) is 12.8 Å². The Morgan fingerprint density at radius 2 is 1.96 bits per heavy atom. The zero-order valence-electron chi connectivity index (χ0n) is 14.0. The molecule has 0 fully saturated rings. The van der Waals surface area contributed by atoms with E-state index in [9.17, 15) is 9.18 Å². The van der Waals surface area contributed by atoms with Crippen LogP contribution >= 0.6 is 0 Å². The smallest absolute Gasteiger partial charge is 0.255 e. The van der Waals surface area contributed by atoms with Gasteiger partial charge in [0.1, 0.15) is 0 Å². The highest BCUT2D eigenvalue weighted by molar-refractivity contribution is 6.06. The second-order valence-electron chi connectivity index (χ2n) is 5.71. The molecule has 1 amide bonds. The number of nitrogens with one attached hydrogen (secondary N) is 1. The highest BCUT2D eigenvalue weighted by atomic mass is 19.1. The summed E-state index contributed by atoms with van der Waals surface area (Å²) >= 11 is 0. The van der Waals surface area contributed by atoms with E-state index in [1.54, 1.807) is 24.3 Å². The number of carbonyl (C=O) groups excluding carboxylic acids is 1. The molecule has 0 unspecified atom stereocenters. The normalized spacial score (nSPS) is 10.6. The molecule has 5 heteroatoms. The Hall–Kier alpha value is -2.95. The fraction of sp³-hybridized carbons (Fsp3) is 0.200. The molecule has 3 rings (SSSR count). The highest BCUT2D eigenvalue weighted by Crippen LogP contribution is 2.23. The molecule has 1 N–H and O–H groups in total. The second kappa shape index (κ2) is 7.75. The van der Waals surface area contributed by atoms with Crippen molar-refractivity contribution in [3.8, 4) is 5.75 Å². The van der Waals surface area contributed by atoms with Gasteiger partial charge < -0.3 is 10.1 Å². The van der Waals surface area contributed by atoms with Crippen LogP contribution in [0.5, 0.6) is 5.75 Å². The first-order valence-corrected chi connectivity index (χ1v) is 8.27. The van der Waals surface area contributed by atoms with Crippen molar-refractivity contribution in [2.75, 3.05) is 11.9 Å². The predicted molar refractivity (Wildman–Crippen MR) is 96.5 cm³/mol. The van der Waals surface area contributed by atoms with Crippen LogP contribution in [0.2, 0.25) is 0 Å². The zero-order chi connectivity index (χ0) is 17.6. The molecule has 0 atom stereocenters. The number of nitrogens with zero attached hydrogens (tertiary/aromatic N) is 1. The highest BCUT2D eigenvalue weighted by Gasteiger charge is 2.11. The van der Waals surface area contributed by atoms with E-state index in [0.29, 0.717) is 28.8 Å². The number of benzene rings is 2. The average Bonchev–Trinajstić information content (AvgIpc) is 2.63. The van der Waals surface area contributed by atoms with E-state index < -0.39 is 5.95 Å². The van der Waals surface area contributed by atoms with E-state index in [4.69, 9.17) is 4.74 Å². The van der Waals surface area contributed by atoms with Crippen LogP contribution < -0.4 is 10.1 Å². The minimum Gasteiger partial charge on any atom is -0.489 e. The first-order valence-electron chi connectivity index (χ1n) is 8.27. The third-order valence-corrected chi connectivity index (χ3v) is 3.79. The fourth-order valence-corrected chi connectivity index (χ4v) is 2.43. The summed E-state index contributed by atoms with van der Waals surface area (Å²) in [6, 6.07) is 15.8. The summed E-state index contributed by atoms with van der Waals surface area (Å²) in [4.78, 5) is 16.3. The summed E-state index contributed by atoms with van der Waals surface area (Å²) in [5.41, 5.74) is 1.68. The lowest BCUT2D eigenvalue weighted by atomic mass is 10.1. The summed E-state index contributed by atoms with van der Waals surface area (Å²) in [7, 11) is 0. The van der Waals surface area contributed by atoms with Gasteiger partial charge in [0, 0.05) is 16.6 Å². The molecule has 0 saturated heterocycles. The van der Waals surface area contributed by atoms with Gasteiger partial charge in [-0.1, -0.05) is 31.5 Å². The van der Waals surface area contributed by atoms with Gasteiger partial charge in [0.2, 0.25) is 0 Å². The average molecular weight is 338 g/mol. The second-order valence-corrected chi connectivity index (χ2v) is 5.71. The zero-order valence-corrected chi connectivity index (χ0v) is 14.0. The standard InChI is InChI=1S/C20H19FN2O2/c1-2-3-11-25-18-13-15-12-14(9-10-17(15)23-19(18)21)20(24)22-16-7-5-4-6-8-16/h4-10,12-13H,2-3,11H2,1H3,(H,22,24). The summed E-state index contributed by atoms with van der Waals surface area (Å²) < 4.78 is 19.4. The van der Waals surface area contributed by atoms with Crippen LogP contribution in [0.1, 0.15) is 30.1 Å². The van der Waals surface area contributed by atoms with Crippen LogP contribution in [0.3, 0.4) is 0 Å². The number of hydrogen-bond acceptors (Lipinski definition) is 3. The molecule has 4 nitrogen and oxygen atoms in total. The number of anilines is 1. The van der Waals surface area contributed by atoms with Gasteiger partial charge >= 0.3 is 0 Å². The Kier molecular flexibility index (Phi) is 5.23. The Labute approximate surface area is 145 Å². The molecule has 0 aliphatic carbocycles. The van der Waals surface area contributed by atoms with Crippen molar-refractivity contribution in [3.63, 3.8) is 0 Å². The molecule has 3 aromatic rings. The number of carbonyl (C=O) groups is 1. The molecular weight excluding hydrogens is 319 g/mol. The molecule has 1 heterocycles. The van der Waals surface area contributed by atoms with E-state index >= 15 is 0 Å². The largest absolute Gasteiger partial charge is 0.489 e. The van der Waals surface area contributed by atoms with E-state index in [2.05, 4.69) is 10.3 Å². The maximum absolute atomic E-state index is 14.0. The molecule has 0 radical (unpaired) electrons. The van der Waals surface area contributed by atoms with E-state index in [1.165, 1.54) is 0 Å². The lowest BCUT2D eigenvalue weighted by Gasteiger charge is -2.09. The molecule has 25 heavy (non-hydrogen) atoms. The van der Waals surface area contributed by atoms with Crippen LogP contribution in [0.25, 0.3) is 10.9 Å². The van der Waals surface area contributed by atoms with Crippen molar-refractivity contribution in [2.45, 2.75) is 19.8 Å². The van der Waals surface area contributed by atoms with Gasteiger partial charge in [0.15, 0.2) is 5.75 Å². The van der Waals surface area contributed by atoms with Gasteiger partial charge in [-0.2, -0.15) is 4.39 Å². The predicted octanol–water partition coefficient (Wildman–Crippen LogP) is 4.81. The molecule has 1 aromatic heterocycles. The topological polar surface area (TPSA) is 51.2 Å². The molecular formula is C20H19FN2O2. The third-order valence-electron chi connectivity index (χ3n) is 3.79. The van der Waals surface area contributed by atoms with Crippen molar-refractivity contribution < 1.29 is 13.9 Å². The van der Waals surface area contributed by atoms with Gasteiger partial charge in [0.05, 0.1) is 12.1 Å². The van der Waals surface area contributed by atoms with Crippen molar-refractivity contribution in [3.05, 3.63) is 66.1 Å². The Balaban J connectivity index is 1.85. The quantitative estimate of drug-likeness (QED) is 0.518. The van der Waals surface area contributed by atoms with Crippen molar-refractivity contribution in [1.29, 1.82) is 0 Å². The summed E-state index contributed by atoms with van der Waals surface area (Å²) in [5, 5.41) is 3.49. The molecule has 2 aromatic carbocycles. The lowest BCUT2D eigenvalue weighted by Crippen LogP contribution is -2.11. The van der Waals surface area contributed by atoms with Crippen molar-refractivity contribution >= 4 is 22.5 Å². The van der Waals surface area contributed by atoms with Crippen LogP contribution in [-0.2, 0) is 0 Å². The van der Waals surface area contributed by atoms with Crippen LogP contribution in [0.4, 0.5) is 10.1 Å². The maximum atomic E-state index is 14.0. The third kappa shape index (κ3) is 4.12. The lowest BCUT2D eigenvalue weighted by molar-refractivity contribution is 0.102. The van der Waals surface area contributed by atoms with Crippen molar-refractivity contribution in [2.24, 2.45) is 0 Å². The molecule has 0 saturated carbocycles. The molecule has 0 bridgehead atoms. The fourth-order valence-electron chi connectivity index (χ4n) is 2.43. The SMILES string of the molecule is CCCCOc1cc2cc(C(=O)Nc3ccccc3)ccc2nc1F. The number of fused-ring (bicyclic) bond motifs is 1. The Morgan fingerprint density at radius 1 is 1.16 bits per heavy atom. The number of amides is 1. The summed E-state index contributed by atoms with van der Waals surface area (Å²) in [6.07, 6.45) is 1.81. The minimum absolute atomic E-state index is 0.113. The van der Waals surface area contributed by atoms with E-state index in [-0.39, 0.29) is 11.7 Å². The maximum Gasteiger partial charge on any atom is 0.255 e. The van der Waals surface area contributed by atoms with Crippen LogP contribution in [0.15, 0.2) is 54.6 Å². The molecule has 0 aliphatic rings. The number of hydrogen-bond donors (Lipinski definition) is 1. The monoisotopic (exact) mass is 338 g/mol. The first-order chi connectivity index (χ1) is 12.2. The van der Waals surface area contributed by atoms with Gasteiger partial charge in [0.25, 0.3) is 11.9 Å². The molecule has 128 valence electrons. The Bertz CT molecular complexity index is 882. The number of rotatable bonds is 6.